The van der Waals surface area contributed by atoms with Crippen molar-refractivity contribution < 1.29 is 4.74 Å². The quantitative estimate of drug-likeness (QED) is 0.901. The average molecular weight is 288 g/mol. The number of rotatable bonds is 5. The summed E-state index contributed by atoms with van der Waals surface area (Å²) in [5, 5.41) is 3.75. The number of benzene rings is 1. The smallest absolute Gasteiger partial charge is 0.0601 e. The third-order valence-electron chi connectivity index (χ3n) is 5.13. The van der Waals surface area contributed by atoms with Crippen LogP contribution in [0, 0.1) is 0 Å². The van der Waals surface area contributed by atoms with Gasteiger partial charge in [-0.05, 0) is 24.8 Å². The van der Waals surface area contributed by atoms with Gasteiger partial charge in [0.05, 0.1) is 6.10 Å². The molecular weight excluding hydrogens is 260 g/mol. The number of piperazine rings is 1. The number of hydrogen-bond acceptors (Lipinski definition) is 3. The standard InChI is InChI=1S/C18H28N2O/c1-3-7-15-13-20(16-10-17(11-16)21-2)18(12-19-15)14-8-5-4-6-9-14/h4-6,8-9,15-19H,3,7,10-13H2,1-2H3. The van der Waals surface area contributed by atoms with Crippen LogP contribution in [0.3, 0.4) is 0 Å². The van der Waals surface area contributed by atoms with Gasteiger partial charge >= 0.3 is 0 Å². The Bertz CT molecular complexity index is 430. The Morgan fingerprint density at radius 2 is 2.00 bits per heavy atom. The van der Waals surface area contributed by atoms with Gasteiger partial charge in [0.25, 0.3) is 0 Å². The minimum absolute atomic E-state index is 0.478. The molecule has 0 spiro atoms. The maximum atomic E-state index is 5.48. The Morgan fingerprint density at radius 3 is 2.67 bits per heavy atom. The Morgan fingerprint density at radius 1 is 1.24 bits per heavy atom. The molecule has 1 aromatic carbocycles. The molecule has 0 bridgehead atoms. The molecule has 0 amide bonds. The van der Waals surface area contributed by atoms with E-state index < -0.39 is 0 Å². The lowest BCUT2D eigenvalue weighted by Crippen LogP contribution is -2.59. The zero-order valence-electron chi connectivity index (χ0n) is 13.3. The molecular formula is C18H28N2O. The van der Waals surface area contributed by atoms with Crippen LogP contribution in [0.25, 0.3) is 0 Å². The van der Waals surface area contributed by atoms with Crippen molar-refractivity contribution in [3.63, 3.8) is 0 Å². The van der Waals surface area contributed by atoms with Crippen molar-refractivity contribution in [2.75, 3.05) is 20.2 Å². The molecule has 2 fully saturated rings. The minimum atomic E-state index is 0.478. The summed E-state index contributed by atoms with van der Waals surface area (Å²) in [6, 6.07) is 12.8. The normalized spacial score (nSPS) is 33.6. The lowest BCUT2D eigenvalue weighted by molar-refractivity contribution is -0.0532. The largest absolute Gasteiger partial charge is 0.381 e. The molecule has 1 aliphatic heterocycles. The van der Waals surface area contributed by atoms with Crippen LogP contribution in [-0.4, -0.2) is 43.3 Å². The molecule has 0 aromatic heterocycles. The zero-order chi connectivity index (χ0) is 14.7. The van der Waals surface area contributed by atoms with E-state index in [1.54, 1.807) is 0 Å². The van der Waals surface area contributed by atoms with Crippen molar-refractivity contribution in [3.8, 4) is 0 Å². The lowest BCUT2D eigenvalue weighted by atomic mass is 9.84. The summed E-state index contributed by atoms with van der Waals surface area (Å²) >= 11 is 0. The Kier molecular flexibility index (Phi) is 4.94. The lowest BCUT2D eigenvalue weighted by Gasteiger charge is -2.50. The number of ether oxygens (including phenoxy) is 1. The van der Waals surface area contributed by atoms with Crippen molar-refractivity contribution in [1.29, 1.82) is 0 Å². The van der Waals surface area contributed by atoms with Gasteiger partial charge in [-0.2, -0.15) is 0 Å². The molecule has 1 saturated carbocycles. The van der Waals surface area contributed by atoms with E-state index in [9.17, 15) is 0 Å². The van der Waals surface area contributed by atoms with E-state index in [1.807, 2.05) is 7.11 Å². The van der Waals surface area contributed by atoms with E-state index in [0.29, 0.717) is 24.2 Å². The Balaban J connectivity index is 1.72. The summed E-state index contributed by atoms with van der Waals surface area (Å²) in [7, 11) is 1.84. The molecule has 0 radical (unpaired) electrons. The highest BCUT2D eigenvalue weighted by atomic mass is 16.5. The van der Waals surface area contributed by atoms with Crippen molar-refractivity contribution in [2.24, 2.45) is 0 Å². The number of methoxy groups -OCH3 is 1. The monoisotopic (exact) mass is 288 g/mol. The Hall–Kier alpha value is -0.900. The van der Waals surface area contributed by atoms with Gasteiger partial charge in [-0.3, -0.25) is 4.90 Å². The number of nitrogens with zero attached hydrogens (tertiary/aromatic N) is 1. The number of nitrogens with one attached hydrogen (secondary N) is 1. The van der Waals surface area contributed by atoms with Crippen molar-refractivity contribution >= 4 is 0 Å². The van der Waals surface area contributed by atoms with Crippen LogP contribution in [0.15, 0.2) is 30.3 Å². The minimum Gasteiger partial charge on any atom is -0.381 e. The highest BCUT2D eigenvalue weighted by molar-refractivity contribution is 5.21. The molecule has 1 aromatic rings. The number of hydrogen-bond donors (Lipinski definition) is 1. The van der Waals surface area contributed by atoms with Crippen LogP contribution < -0.4 is 5.32 Å². The molecule has 1 heterocycles. The Labute approximate surface area is 128 Å². The molecule has 21 heavy (non-hydrogen) atoms. The van der Waals surface area contributed by atoms with E-state index >= 15 is 0 Å². The van der Waals surface area contributed by atoms with Crippen LogP contribution in [0.5, 0.6) is 0 Å². The van der Waals surface area contributed by atoms with E-state index in [2.05, 4.69) is 47.5 Å². The van der Waals surface area contributed by atoms with Crippen LogP contribution in [0.1, 0.15) is 44.2 Å². The molecule has 3 heteroatoms. The summed E-state index contributed by atoms with van der Waals surface area (Å²) in [6.07, 6.45) is 5.40. The highest BCUT2D eigenvalue weighted by Crippen LogP contribution is 2.35. The second-order valence-corrected chi connectivity index (χ2v) is 6.50. The summed E-state index contributed by atoms with van der Waals surface area (Å²) < 4.78 is 5.48. The van der Waals surface area contributed by atoms with E-state index in [-0.39, 0.29) is 0 Å². The molecule has 1 saturated heterocycles. The van der Waals surface area contributed by atoms with Crippen molar-refractivity contribution in [3.05, 3.63) is 35.9 Å². The third-order valence-corrected chi connectivity index (χ3v) is 5.13. The fourth-order valence-corrected chi connectivity index (χ4v) is 3.77. The summed E-state index contributed by atoms with van der Waals surface area (Å²) in [4.78, 5) is 2.74. The first-order valence-corrected chi connectivity index (χ1v) is 8.38. The molecule has 1 N–H and O–H groups in total. The molecule has 3 rings (SSSR count). The van der Waals surface area contributed by atoms with Crippen molar-refractivity contribution in [2.45, 2.75) is 56.8 Å². The summed E-state index contributed by atoms with van der Waals surface area (Å²) in [5.41, 5.74) is 1.45. The van der Waals surface area contributed by atoms with Gasteiger partial charge in [-0.25, -0.2) is 0 Å². The summed E-state index contributed by atoms with van der Waals surface area (Å²) in [5.74, 6) is 0. The van der Waals surface area contributed by atoms with E-state index in [4.69, 9.17) is 4.74 Å². The molecule has 2 aliphatic rings. The summed E-state index contributed by atoms with van der Waals surface area (Å²) in [6.45, 7) is 4.52. The van der Waals surface area contributed by atoms with Gasteiger partial charge in [-0.1, -0.05) is 43.7 Å². The second kappa shape index (κ2) is 6.91. The molecule has 2 atom stereocenters. The first-order chi connectivity index (χ1) is 10.3. The van der Waals surface area contributed by atoms with Gasteiger partial charge in [0.15, 0.2) is 0 Å². The van der Waals surface area contributed by atoms with Gasteiger partial charge in [0.1, 0.15) is 0 Å². The van der Waals surface area contributed by atoms with E-state index in [1.165, 1.54) is 37.8 Å². The predicted molar refractivity (Wildman–Crippen MR) is 86.4 cm³/mol. The first-order valence-electron chi connectivity index (χ1n) is 8.38. The van der Waals surface area contributed by atoms with Crippen molar-refractivity contribution in [1.82, 2.24) is 10.2 Å². The molecule has 2 unspecified atom stereocenters. The highest BCUT2D eigenvalue weighted by Gasteiger charge is 2.40. The fourth-order valence-electron chi connectivity index (χ4n) is 3.77. The van der Waals surface area contributed by atoms with Gasteiger partial charge in [0, 0.05) is 38.3 Å². The maximum Gasteiger partial charge on any atom is 0.0601 e. The molecule has 1 aliphatic carbocycles. The van der Waals surface area contributed by atoms with Crippen LogP contribution >= 0.6 is 0 Å². The van der Waals surface area contributed by atoms with Gasteiger partial charge in [0.2, 0.25) is 0 Å². The second-order valence-electron chi connectivity index (χ2n) is 6.50. The average Bonchev–Trinajstić information content (AvgIpc) is 2.48. The van der Waals surface area contributed by atoms with Crippen LogP contribution in [-0.2, 0) is 4.74 Å². The SMILES string of the molecule is CCCC1CN(C2CC(OC)C2)C(c2ccccc2)CN1. The van der Waals surface area contributed by atoms with Crippen LogP contribution in [0.4, 0.5) is 0 Å². The first kappa shape index (κ1) is 15.0. The molecule has 3 nitrogen and oxygen atoms in total. The van der Waals surface area contributed by atoms with E-state index in [0.717, 1.165) is 6.54 Å². The maximum absolute atomic E-state index is 5.48. The fraction of sp³-hybridized carbons (Fsp3) is 0.667. The van der Waals surface area contributed by atoms with Gasteiger partial charge in [-0.15, -0.1) is 0 Å². The zero-order valence-corrected chi connectivity index (χ0v) is 13.3. The van der Waals surface area contributed by atoms with Gasteiger partial charge < -0.3 is 10.1 Å². The molecule has 116 valence electrons. The van der Waals surface area contributed by atoms with Crippen LogP contribution in [0.2, 0.25) is 0 Å². The topological polar surface area (TPSA) is 24.5 Å². The third kappa shape index (κ3) is 3.31. The predicted octanol–water partition coefficient (Wildman–Crippen LogP) is 2.98.